The molecule has 0 saturated carbocycles. The fourth-order valence-electron chi connectivity index (χ4n) is 3.63. The van der Waals surface area contributed by atoms with Crippen LogP contribution >= 0.6 is 23.2 Å². The van der Waals surface area contributed by atoms with Crippen molar-refractivity contribution in [3.63, 3.8) is 0 Å². The first-order chi connectivity index (χ1) is 13.9. The molecule has 0 spiro atoms. The lowest BCUT2D eigenvalue weighted by atomic mass is 9.87. The molecule has 0 amide bonds. The zero-order valence-corrected chi connectivity index (χ0v) is 17.5. The second kappa shape index (κ2) is 8.10. The predicted molar refractivity (Wildman–Crippen MR) is 118 cm³/mol. The highest BCUT2D eigenvalue weighted by atomic mass is 35.5. The minimum Gasteiger partial charge on any atom is -0.456 e. The molecule has 5 heteroatoms. The summed E-state index contributed by atoms with van der Waals surface area (Å²) in [5.41, 5.74) is 2.25. The Kier molecular flexibility index (Phi) is 5.53. The molecule has 1 aliphatic rings. The van der Waals surface area contributed by atoms with Crippen LogP contribution in [0.2, 0.25) is 5.02 Å². The van der Waals surface area contributed by atoms with E-state index in [9.17, 15) is 4.79 Å². The third-order valence-electron chi connectivity index (χ3n) is 5.02. The van der Waals surface area contributed by atoms with Crippen molar-refractivity contribution < 1.29 is 14.3 Å². The fraction of sp³-hybridized carbons (Fsp3) is 0.208. The molecule has 1 aliphatic carbocycles. The third kappa shape index (κ3) is 3.98. The molecule has 148 valence electrons. The molecular weight excluding hydrogens is 407 g/mol. The lowest BCUT2D eigenvalue weighted by molar-refractivity contribution is -0.130. The smallest absolute Gasteiger partial charge is 0.338 e. The van der Waals surface area contributed by atoms with Gasteiger partial charge in [-0.25, -0.2) is 4.79 Å². The van der Waals surface area contributed by atoms with E-state index in [1.165, 1.54) is 0 Å². The van der Waals surface area contributed by atoms with E-state index in [1.807, 2.05) is 42.5 Å². The van der Waals surface area contributed by atoms with Crippen LogP contribution < -0.4 is 9.47 Å². The van der Waals surface area contributed by atoms with E-state index >= 15 is 0 Å². The van der Waals surface area contributed by atoms with Gasteiger partial charge in [0.15, 0.2) is 0 Å². The number of ether oxygens (including phenoxy) is 2. The Labute approximate surface area is 179 Å². The molecule has 0 aliphatic heterocycles. The summed E-state index contributed by atoms with van der Waals surface area (Å²) < 4.78 is 12.1. The number of hydrogen-bond acceptors (Lipinski definition) is 3. The van der Waals surface area contributed by atoms with Gasteiger partial charge >= 0.3 is 5.97 Å². The van der Waals surface area contributed by atoms with Crippen LogP contribution in [0.3, 0.4) is 0 Å². The van der Waals surface area contributed by atoms with Crippen molar-refractivity contribution in [2.24, 2.45) is 0 Å². The lowest BCUT2D eigenvalue weighted by Gasteiger charge is -2.27. The SMILES string of the molecule is C=C(C)C(=O)Oc1c2c(c(Oc3ccccc3)c3cc(Cl)ccc13)CCC(Cl)C2. The van der Waals surface area contributed by atoms with E-state index in [2.05, 4.69) is 6.58 Å². The maximum atomic E-state index is 12.4. The molecule has 29 heavy (non-hydrogen) atoms. The van der Waals surface area contributed by atoms with Gasteiger partial charge in [-0.3, -0.25) is 0 Å². The van der Waals surface area contributed by atoms with Crippen LogP contribution in [0.4, 0.5) is 0 Å². The maximum absolute atomic E-state index is 12.4. The van der Waals surface area contributed by atoms with Gasteiger partial charge < -0.3 is 9.47 Å². The molecule has 3 nitrogen and oxygen atoms in total. The summed E-state index contributed by atoms with van der Waals surface area (Å²) in [5, 5.41) is 2.12. The second-order valence-corrected chi connectivity index (χ2v) is 8.28. The van der Waals surface area contributed by atoms with Crippen LogP contribution in [0.25, 0.3) is 10.8 Å². The largest absolute Gasteiger partial charge is 0.456 e. The average Bonchev–Trinajstić information content (AvgIpc) is 2.71. The number of carbonyl (C=O) groups is 1. The number of carbonyl (C=O) groups excluding carboxylic acids is 1. The van der Waals surface area contributed by atoms with E-state index < -0.39 is 5.97 Å². The molecule has 0 bridgehead atoms. The molecule has 3 aromatic rings. The predicted octanol–water partition coefficient (Wildman–Crippen LogP) is 6.86. The van der Waals surface area contributed by atoms with E-state index in [4.69, 9.17) is 32.7 Å². The normalized spacial score (nSPS) is 15.6. The zero-order chi connectivity index (χ0) is 20.5. The molecule has 3 aromatic carbocycles. The van der Waals surface area contributed by atoms with Gasteiger partial charge in [0, 0.05) is 37.9 Å². The minimum absolute atomic E-state index is 0.0286. The average molecular weight is 427 g/mol. The molecule has 0 radical (unpaired) electrons. The van der Waals surface area contributed by atoms with Gasteiger partial charge in [-0.15, -0.1) is 11.6 Å². The van der Waals surface area contributed by atoms with Gasteiger partial charge in [-0.05, 0) is 56.5 Å². The molecule has 4 rings (SSSR count). The van der Waals surface area contributed by atoms with Crippen LogP contribution in [0, 0.1) is 0 Å². The number of para-hydroxylation sites is 1. The standard InChI is InChI=1S/C24H20Cl2O3/c1-14(2)24(27)29-23-19-11-9-15(25)12-20(19)22(28-17-6-4-3-5-7-17)18-10-8-16(26)13-21(18)23/h3-7,9,11-12,16H,1,8,10,13H2,2H3. The van der Waals surface area contributed by atoms with Crippen LogP contribution in [-0.2, 0) is 17.6 Å². The summed E-state index contributed by atoms with van der Waals surface area (Å²) in [6.45, 7) is 5.33. The quantitative estimate of drug-likeness (QED) is 0.197. The monoisotopic (exact) mass is 426 g/mol. The summed E-state index contributed by atoms with van der Waals surface area (Å²) in [6.07, 6.45) is 2.14. The van der Waals surface area contributed by atoms with E-state index in [0.29, 0.717) is 22.8 Å². The van der Waals surface area contributed by atoms with Crippen molar-refractivity contribution in [3.05, 3.63) is 76.8 Å². The van der Waals surface area contributed by atoms with Crippen molar-refractivity contribution in [2.45, 2.75) is 31.6 Å². The number of alkyl halides is 1. The summed E-state index contributed by atoms with van der Waals surface area (Å²) in [5.74, 6) is 1.53. The Morgan fingerprint density at radius 1 is 1.07 bits per heavy atom. The minimum atomic E-state index is -0.461. The molecule has 0 saturated heterocycles. The molecule has 1 unspecified atom stereocenters. The first-order valence-electron chi connectivity index (χ1n) is 9.45. The number of hydrogen-bond donors (Lipinski definition) is 0. The fourth-order valence-corrected chi connectivity index (χ4v) is 4.06. The summed E-state index contributed by atoms with van der Waals surface area (Å²) in [7, 11) is 0. The van der Waals surface area contributed by atoms with Crippen LogP contribution in [0.5, 0.6) is 17.2 Å². The van der Waals surface area contributed by atoms with Gasteiger partial charge in [0.1, 0.15) is 17.2 Å². The highest BCUT2D eigenvalue weighted by Crippen LogP contribution is 2.47. The van der Waals surface area contributed by atoms with Gasteiger partial charge in [-0.1, -0.05) is 36.4 Å². The molecule has 0 aromatic heterocycles. The summed E-state index contributed by atoms with van der Waals surface area (Å²) in [6, 6.07) is 15.1. The molecule has 0 fully saturated rings. The van der Waals surface area contributed by atoms with E-state index in [0.717, 1.165) is 46.2 Å². The Hall–Kier alpha value is -2.49. The number of halogens is 2. The second-order valence-electron chi connectivity index (χ2n) is 7.23. The highest BCUT2D eigenvalue weighted by Gasteiger charge is 2.29. The zero-order valence-electron chi connectivity index (χ0n) is 16.0. The maximum Gasteiger partial charge on any atom is 0.338 e. The Morgan fingerprint density at radius 2 is 1.83 bits per heavy atom. The Balaban J connectivity index is 1.98. The van der Waals surface area contributed by atoms with Gasteiger partial charge in [0.05, 0.1) is 0 Å². The van der Waals surface area contributed by atoms with Crippen molar-refractivity contribution in [1.29, 1.82) is 0 Å². The first-order valence-corrected chi connectivity index (χ1v) is 10.3. The molecule has 1 atom stereocenters. The molecule has 0 N–H and O–H groups in total. The van der Waals surface area contributed by atoms with Crippen LogP contribution in [0.15, 0.2) is 60.7 Å². The van der Waals surface area contributed by atoms with Crippen LogP contribution in [-0.4, -0.2) is 11.3 Å². The Bertz CT molecular complexity index is 1110. The van der Waals surface area contributed by atoms with Gasteiger partial charge in [0.25, 0.3) is 0 Å². The van der Waals surface area contributed by atoms with Crippen molar-refractivity contribution in [1.82, 2.24) is 0 Å². The van der Waals surface area contributed by atoms with Crippen LogP contribution in [0.1, 0.15) is 24.5 Å². The number of rotatable bonds is 4. The summed E-state index contributed by atoms with van der Waals surface area (Å²) in [4.78, 5) is 12.4. The van der Waals surface area contributed by atoms with Crippen molar-refractivity contribution in [2.75, 3.05) is 0 Å². The third-order valence-corrected chi connectivity index (χ3v) is 5.63. The van der Waals surface area contributed by atoms with Crippen molar-refractivity contribution >= 4 is 39.9 Å². The summed E-state index contributed by atoms with van der Waals surface area (Å²) >= 11 is 12.8. The molecule has 0 heterocycles. The lowest BCUT2D eigenvalue weighted by Crippen LogP contribution is -2.18. The molecular formula is C24H20Cl2O3. The number of esters is 1. The van der Waals surface area contributed by atoms with Crippen molar-refractivity contribution in [3.8, 4) is 17.2 Å². The van der Waals surface area contributed by atoms with Gasteiger partial charge in [-0.2, -0.15) is 0 Å². The van der Waals surface area contributed by atoms with E-state index in [1.54, 1.807) is 13.0 Å². The topological polar surface area (TPSA) is 35.5 Å². The first kappa shape index (κ1) is 19.8. The van der Waals surface area contributed by atoms with E-state index in [-0.39, 0.29) is 5.38 Å². The Morgan fingerprint density at radius 3 is 2.55 bits per heavy atom. The van der Waals surface area contributed by atoms with Gasteiger partial charge in [0.2, 0.25) is 0 Å². The number of benzene rings is 3. The highest BCUT2D eigenvalue weighted by molar-refractivity contribution is 6.31. The number of fused-ring (bicyclic) bond motifs is 2.